The number of para-hydroxylation sites is 2. The van der Waals surface area contributed by atoms with Gasteiger partial charge in [-0.2, -0.15) is 0 Å². The minimum absolute atomic E-state index is 0.829. The van der Waals surface area contributed by atoms with Crippen LogP contribution >= 0.6 is 0 Å². The molecule has 0 atom stereocenters. The Kier molecular flexibility index (Phi) is 4.28. The second-order valence-corrected chi connectivity index (χ2v) is 11.4. The standard InChI is InChI=1S/C19H23N3OSi/c1-14-10-11-16(18(12-14)23-24(3,4)5)20-13-19-21-15-8-6-7-9-17(15)22(19)2/h6-13H,1-5H3/b20-13+. The number of aromatic nitrogens is 2. The lowest BCUT2D eigenvalue weighted by atomic mass is 10.2. The van der Waals surface area contributed by atoms with Gasteiger partial charge in [-0.1, -0.05) is 18.2 Å². The number of imidazole rings is 1. The first kappa shape index (κ1) is 16.5. The average molecular weight is 337 g/mol. The lowest BCUT2D eigenvalue weighted by molar-refractivity contribution is 0.558. The Hall–Kier alpha value is -2.40. The normalized spacial score (nSPS) is 12.2. The topological polar surface area (TPSA) is 39.4 Å². The highest BCUT2D eigenvalue weighted by molar-refractivity contribution is 6.70. The summed E-state index contributed by atoms with van der Waals surface area (Å²) in [5, 5.41) is 0. The smallest absolute Gasteiger partial charge is 0.242 e. The summed E-state index contributed by atoms with van der Waals surface area (Å²) < 4.78 is 8.24. The number of nitrogens with zero attached hydrogens (tertiary/aromatic N) is 3. The van der Waals surface area contributed by atoms with Gasteiger partial charge in [-0.25, -0.2) is 9.98 Å². The monoisotopic (exact) mass is 337 g/mol. The van der Waals surface area contributed by atoms with Crippen molar-refractivity contribution in [2.45, 2.75) is 26.6 Å². The van der Waals surface area contributed by atoms with Crippen LogP contribution in [-0.2, 0) is 7.05 Å². The molecule has 124 valence electrons. The number of hydrogen-bond acceptors (Lipinski definition) is 3. The molecule has 0 bridgehead atoms. The van der Waals surface area contributed by atoms with E-state index in [1.165, 1.54) is 5.56 Å². The number of hydrogen-bond donors (Lipinski definition) is 0. The van der Waals surface area contributed by atoms with Gasteiger partial charge in [0, 0.05) is 7.05 Å². The Morgan fingerprint density at radius 1 is 1.12 bits per heavy atom. The molecule has 3 rings (SSSR count). The third-order valence-electron chi connectivity index (χ3n) is 3.67. The third kappa shape index (κ3) is 3.57. The van der Waals surface area contributed by atoms with E-state index in [2.05, 4.69) is 54.7 Å². The number of rotatable bonds is 4. The van der Waals surface area contributed by atoms with Crippen molar-refractivity contribution in [3.8, 4) is 5.75 Å². The van der Waals surface area contributed by atoms with E-state index in [1.807, 2.05) is 42.1 Å². The quantitative estimate of drug-likeness (QED) is 0.504. The highest BCUT2D eigenvalue weighted by Gasteiger charge is 2.18. The summed E-state index contributed by atoms with van der Waals surface area (Å²) in [6.45, 7) is 8.59. The van der Waals surface area contributed by atoms with E-state index in [0.29, 0.717) is 0 Å². The first-order valence-electron chi connectivity index (χ1n) is 8.09. The maximum Gasteiger partial charge on any atom is 0.242 e. The highest BCUT2D eigenvalue weighted by atomic mass is 28.4. The molecule has 0 fully saturated rings. The van der Waals surface area contributed by atoms with Crippen molar-refractivity contribution in [3.63, 3.8) is 0 Å². The number of fused-ring (bicyclic) bond motifs is 1. The van der Waals surface area contributed by atoms with Crippen LogP contribution in [0.3, 0.4) is 0 Å². The molecule has 0 aliphatic carbocycles. The van der Waals surface area contributed by atoms with E-state index in [4.69, 9.17) is 4.43 Å². The van der Waals surface area contributed by atoms with Gasteiger partial charge in [-0.3, -0.25) is 0 Å². The molecule has 1 aromatic heterocycles. The predicted octanol–water partition coefficient (Wildman–Crippen LogP) is 4.85. The van der Waals surface area contributed by atoms with Gasteiger partial charge in [0.25, 0.3) is 0 Å². The predicted molar refractivity (Wildman–Crippen MR) is 103 cm³/mol. The maximum absolute atomic E-state index is 6.19. The second kappa shape index (κ2) is 6.24. The van der Waals surface area contributed by atoms with Crippen molar-refractivity contribution in [1.29, 1.82) is 0 Å². The van der Waals surface area contributed by atoms with Gasteiger partial charge in [0.1, 0.15) is 11.4 Å². The molecule has 0 spiro atoms. The Morgan fingerprint density at radius 2 is 1.88 bits per heavy atom. The van der Waals surface area contributed by atoms with Crippen LogP contribution in [0.25, 0.3) is 11.0 Å². The van der Waals surface area contributed by atoms with Crippen LogP contribution in [0.4, 0.5) is 5.69 Å². The van der Waals surface area contributed by atoms with Gasteiger partial charge >= 0.3 is 0 Å². The van der Waals surface area contributed by atoms with E-state index in [-0.39, 0.29) is 0 Å². The zero-order valence-corrected chi connectivity index (χ0v) is 15.9. The van der Waals surface area contributed by atoms with E-state index < -0.39 is 8.32 Å². The zero-order valence-electron chi connectivity index (χ0n) is 14.9. The Morgan fingerprint density at radius 3 is 2.58 bits per heavy atom. The van der Waals surface area contributed by atoms with Crippen LogP contribution in [0.5, 0.6) is 5.75 Å². The average Bonchev–Trinajstić information content (AvgIpc) is 2.82. The molecule has 1 heterocycles. The summed E-state index contributed by atoms with van der Waals surface area (Å²) in [5.41, 5.74) is 4.09. The minimum atomic E-state index is -1.69. The minimum Gasteiger partial charge on any atom is -0.543 e. The van der Waals surface area contributed by atoms with Crippen LogP contribution in [0.2, 0.25) is 19.6 Å². The van der Waals surface area contributed by atoms with Crippen molar-refractivity contribution >= 4 is 31.3 Å². The summed E-state index contributed by atoms with van der Waals surface area (Å²) in [6.07, 6.45) is 1.81. The highest BCUT2D eigenvalue weighted by Crippen LogP contribution is 2.30. The Labute approximate surface area is 144 Å². The lowest BCUT2D eigenvalue weighted by Crippen LogP contribution is -2.29. The molecule has 24 heavy (non-hydrogen) atoms. The van der Waals surface area contributed by atoms with Crippen molar-refractivity contribution in [2.75, 3.05) is 0 Å². The van der Waals surface area contributed by atoms with Gasteiger partial charge in [0.2, 0.25) is 8.32 Å². The largest absolute Gasteiger partial charge is 0.543 e. The van der Waals surface area contributed by atoms with Crippen molar-refractivity contribution in [3.05, 3.63) is 53.9 Å². The molecule has 2 aromatic carbocycles. The van der Waals surface area contributed by atoms with Crippen LogP contribution in [0.1, 0.15) is 11.4 Å². The summed E-state index contributed by atoms with van der Waals surface area (Å²) in [5.74, 6) is 1.68. The molecule has 5 heteroatoms. The van der Waals surface area contributed by atoms with Crippen LogP contribution in [-0.4, -0.2) is 24.1 Å². The summed E-state index contributed by atoms with van der Waals surface area (Å²) in [7, 11) is 0.313. The fourth-order valence-corrected chi connectivity index (χ4v) is 3.37. The van der Waals surface area contributed by atoms with E-state index >= 15 is 0 Å². The van der Waals surface area contributed by atoms with Gasteiger partial charge in [-0.15, -0.1) is 0 Å². The van der Waals surface area contributed by atoms with Crippen LogP contribution in [0.15, 0.2) is 47.5 Å². The van der Waals surface area contributed by atoms with E-state index in [9.17, 15) is 0 Å². The lowest BCUT2D eigenvalue weighted by Gasteiger charge is -2.20. The molecule has 4 nitrogen and oxygen atoms in total. The van der Waals surface area contributed by atoms with Crippen molar-refractivity contribution in [2.24, 2.45) is 12.0 Å². The number of aliphatic imine (C=N–C) groups is 1. The Bertz CT molecular complexity index is 907. The van der Waals surface area contributed by atoms with Crippen LogP contribution in [0, 0.1) is 6.92 Å². The summed E-state index contributed by atoms with van der Waals surface area (Å²) >= 11 is 0. The van der Waals surface area contributed by atoms with Crippen molar-refractivity contribution in [1.82, 2.24) is 9.55 Å². The molecule has 3 aromatic rings. The van der Waals surface area contributed by atoms with Gasteiger partial charge in [-0.05, 0) is 56.4 Å². The fourth-order valence-electron chi connectivity index (χ4n) is 2.55. The molecule has 0 amide bonds. The molecule has 0 aliphatic rings. The first-order valence-corrected chi connectivity index (χ1v) is 11.5. The molecule has 0 N–H and O–H groups in total. The third-order valence-corrected chi connectivity index (χ3v) is 4.50. The molecule has 0 aliphatic heterocycles. The molecule has 0 saturated heterocycles. The summed E-state index contributed by atoms with van der Waals surface area (Å²) in [6, 6.07) is 14.2. The summed E-state index contributed by atoms with van der Waals surface area (Å²) in [4.78, 5) is 9.28. The second-order valence-electron chi connectivity index (χ2n) is 6.96. The molecule has 0 unspecified atom stereocenters. The fraction of sp³-hybridized carbons (Fsp3) is 0.263. The molecular weight excluding hydrogens is 314 g/mol. The number of benzene rings is 2. The van der Waals surface area contributed by atoms with E-state index in [1.54, 1.807) is 0 Å². The SMILES string of the molecule is Cc1ccc(/N=C/c2nc3ccccc3n2C)c(O[Si](C)(C)C)c1. The number of aryl methyl sites for hydroxylation is 2. The van der Waals surface area contributed by atoms with Gasteiger partial charge in [0.15, 0.2) is 5.82 Å². The molecule has 0 saturated carbocycles. The maximum atomic E-state index is 6.19. The van der Waals surface area contributed by atoms with E-state index in [0.717, 1.165) is 28.3 Å². The van der Waals surface area contributed by atoms with Gasteiger partial charge in [0.05, 0.1) is 17.2 Å². The molecule has 0 radical (unpaired) electrons. The van der Waals surface area contributed by atoms with Crippen LogP contribution < -0.4 is 4.43 Å². The van der Waals surface area contributed by atoms with Crippen molar-refractivity contribution < 1.29 is 4.43 Å². The zero-order chi connectivity index (χ0) is 17.3. The molecular formula is C19H23N3OSi. The van der Waals surface area contributed by atoms with Gasteiger partial charge < -0.3 is 8.99 Å². The Balaban J connectivity index is 1.97. The first-order chi connectivity index (χ1) is 11.3.